The van der Waals surface area contributed by atoms with Crippen molar-refractivity contribution in [1.82, 2.24) is 16.0 Å². The van der Waals surface area contributed by atoms with Crippen molar-refractivity contribution in [2.24, 2.45) is 4.99 Å². The molecular weight excluding hydrogens is 264 g/mol. The van der Waals surface area contributed by atoms with Crippen molar-refractivity contribution in [3.8, 4) is 0 Å². The van der Waals surface area contributed by atoms with Crippen LogP contribution in [0.1, 0.15) is 30.9 Å². The number of hydrogen-bond acceptors (Lipinski definition) is 2. The highest BCUT2D eigenvalue weighted by Crippen LogP contribution is 2.05. The minimum Gasteiger partial charge on any atom is -0.356 e. The number of carbonyl (C=O) groups is 1. The van der Waals surface area contributed by atoms with E-state index in [-0.39, 0.29) is 5.91 Å². The van der Waals surface area contributed by atoms with Crippen molar-refractivity contribution in [3.05, 3.63) is 35.4 Å². The molecule has 0 aliphatic rings. The largest absolute Gasteiger partial charge is 0.356 e. The lowest BCUT2D eigenvalue weighted by Gasteiger charge is -2.13. The van der Waals surface area contributed by atoms with Crippen LogP contribution in [0.25, 0.3) is 0 Å². The van der Waals surface area contributed by atoms with Crippen LogP contribution >= 0.6 is 0 Å². The number of nitrogens with zero attached hydrogens (tertiary/aromatic N) is 1. The minimum absolute atomic E-state index is 0.0682. The van der Waals surface area contributed by atoms with Crippen molar-refractivity contribution in [2.75, 3.05) is 20.1 Å². The van der Waals surface area contributed by atoms with Crippen LogP contribution in [0.4, 0.5) is 0 Å². The van der Waals surface area contributed by atoms with E-state index in [4.69, 9.17) is 0 Å². The fourth-order valence-corrected chi connectivity index (χ4v) is 1.86. The van der Waals surface area contributed by atoms with Gasteiger partial charge < -0.3 is 16.0 Å². The number of rotatable bonds is 7. The van der Waals surface area contributed by atoms with Crippen LogP contribution in [0, 0.1) is 6.92 Å². The van der Waals surface area contributed by atoms with Crippen molar-refractivity contribution >= 4 is 11.9 Å². The van der Waals surface area contributed by atoms with Crippen molar-refractivity contribution in [1.29, 1.82) is 0 Å². The fraction of sp³-hybridized carbons (Fsp3) is 0.500. The van der Waals surface area contributed by atoms with Crippen molar-refractivity contribution in [2.45, 2.75) is 33.2 Å². The van der Waals surface area contributed by atoms with Gasteiger partial charge in [0.1, 0.15) is 0 Å². The van der Waals surface area contributed by atoms with Gasteiger partial charge in [-0.05, 0) is 24.5 Å². The molecule has 0 aliphatic carbocycles. The summed E-state index contributed by atoms with van der Waals surface area (Å²) in [5.41, 5.74) is 2.49. The third-order valence-corrected chi connectivity index (χ3v) is 3.15. The molecule has 0 spiro atoms. The van der Waals surface area contributed by atoms with Crippen LogP contribution in [0.5, 0.6) is 0 Å². The van der Waals surface area contributed by atoms with E-state index in [1.165, 1.54) is 11.1 Å². The molecule has 21 heavy (non-hydrogen) atoms. The summed E-state index contributed by atoms with van der Waals surface area (Å²) in [6.45, 7) is 6.15. The molecular formula is C16H26N4O. The second kappa shape index (κ2) is 9.80. The van der Waals surface area contributed by atoms with Gasteiger partial charge in [-0.3, -0.25) is 9.79 Å². The quantitative estimate of drug-likeness (QED) is 0.527. The summed E-state index contributed by atoms with van der Waals surface area (Å²) in [7, 11) is 1.73. The molecule has 5 heteroatoms. The Bertz CT molecular complexity index is 471. The molecule has 1 aromatic carbocycles. The van der Waals surface area contributed by atoms with Gasteiger partial charge in [0, 0.05) is 33.1 Å². The first kappa shape index (κ1) is 17.0. The maximum atomic E-state index is 11.5. The highest BCUT2D eigenvalue weighted by molar-refractivity contribution is 5.81. The normalized spacial score (nSPS) is 11.1. The topological polar surface area (TPSA) is 65.5 Å². The Labute approximate surface area is 127 Å². The summed E-state index contributed by atoms with van der Waals surface area (Å²) in [5, 5.41) is 9.25. The van der Waals surface area contributed by atoms with Crippen LogP contribution in [0.15, 0.2) is 29.3 Å². The molecule has 0 saturated carbocycles. The first-order valence-corrected chi connectivity index (χ1v) is 7.43. The maximum Gasteiger partial charge on any atom is 0.221 e. The van der Waals surface area contributed by atoms with E-state index >= 15 is 0 Å². The van der Waals surface area contributed by atoms with Crippen LogP contribution in [-0.2, 0) is 11.3 Å². The Hall–Kier alpha value is -2.04. The Morgan fingerprint density at radius 1 is 1.14 bits per heavy atom. The van der Waals surface area contributed by atoms with Gasteiger partial charge >= 0.3 is 0 Å². The second-order valence-corrected chi connectivity index (χ2v) is 4.88. The molecule has 0 bridgehead atoms. The van der Waals surface area contributed by atoms with Gasteiger partial charge in [0.25, 0.3) is 0 Å². The van der Waals surface area contributed by atoms with Gasteiger partial charge in [0.05, 0.1) is 0 Å². The zero-order valence-electron chi connectivity index (χ0n) is 13.2. The first-order chi connectivity index (χ1) is 10.2. The van der Waals surface area contributed by atoms with Gasteiger partial charge in [-0.2, -0.15) is 0 Å². The molecule has 0 fully saturated rings. The second-order valence-electron chi connectivity index (χ2n) is 4.88. The lowest BCUT2D eigenvalue weighted by Crippen LogP contribution is -2.39. The summed E-state index contributed by atoms with van der Waals surface area (Å²) < 4.78 is 0. The standard InChI is InChI=1S/C16H26N4O/c1-4-10-18-15(21)9-11-19-16(17-3)20-12-14-8-6-5-7-13(14)2/h5-8H,4,9-12H2,1-3H3,(H,18,21)(H2,17,19,20). The third-order valence-electron chi connectivity index (χ3n) is 3.15. The average molecular weight is 290 g/mol. The molecule has 0 aromatic heterocycles. The van der Waals surface area contributed by atoms with Gasteiger partial charge in [-0.25, -0.2) is 0 Å². The Morgan fingerprint density at radius 3 is 2.57 bits per heavy atom. The monoisotopic (exact) mass is 290 g/mol. The molecule has 1 aromatic rings. The molecule has 1 rings (SSSR count). The third kappa shape index (κ3) is 6.79. The summed E-state index contributed by atoms with van der Waals surface area (Å²) in [6.07, 6.45) is 1.41. The Morgan fingerprint density at radius 2 is 1.90 bits per heavy atom. The molecule has 5 nitrogen and oxygen atoms in total. The molecule has 3 N–H and O–H groups in total. The van der Waals surface area contributed by atoms with E-state index < -0.39 is 0 Å². The predicted octanol–water partition coefficient (Wildman–Crippen LogP) is 1.58. The van der Waals surface area contributed by atoms with E-state index in [2.05, 4.69) is 40.0 Å². The van der Waals surface area contributed by atoms with Gasteiger partial charge in [0.15, 0.2) is 5.96 Å². The van der Waals surface area contributed by atoms with Gasteiger partial charge in [-0.15, -0.1) is 0 Å². The number of benzene rings is 1. The number of aliphatic imine (C=N–C) groups is 1. The van der Waals surface area contributed by atoms with Crippen LogP contribution in [0.2, 0.25) is 0 Å². The molecule has 0 heterocycles. The maximum absolute atomic E-state index is 11.5. The molecule has 0 aliphatic heterocycles. The molecule has 1 amide bonds. The SMILES string of the molecule is CCCNC(=O)CCNC(=NC)NCc1ccccc1C. The summed E-state index contributed by atoms with van der Waals surface area (Å²) in [4.78, 5) is 15.6. The smallest absolute Gasteiger partial charge is 0.221 e. The molecule has 0 unspecified atom stereocenters. The van der Waals surface area contributed by atoms with E-state index in [0.717, 1.165) is 13.0 Å². The Kier molecular flexibility index (Phi) is 7.94. The number of nitrogens with one attached hydrogen (secondary N) is 3. The lowest BCUT2D eigenvalue weighted by molar-refractivity contribution is -0.120. The summed E-state index contributed by atoms with van der Waals surface area (Å²) in [6, 6.07) is 8.23. The molecule has 0 saturated heterocycles. The molecule has 0 radical (unpaired) electrons. The Balaban J connectivity index is 2.30. The predicted molar refractivity (Wildman–Crippen MR) is 87.3 cm³/mol. The highest BCUT2D eigenvalue weighted by atomic mass is 16.1. The average Bonchev–Trinajstić information content (AvgIpc) is 2.50. The summed E-state index contributed by atoms with van der Waals surface area (Å²) in [5.74, 6) is 0.778. The van der Waals surface area contributed by atoms with Crippen molar-refractivity contribution in [3.63, 3.8) is 0 Å². The molecule has 116 valence electrons. The van der Waals surface area contributed by atoms with Crippen LogP contribution < -0.4 is 16.0 Å². The highest BCUT2D eigenvalue weighted by Gasteiger charge is 2.02. The minimum atomic E-state index is 0.0682. The molecule has 0 atom stereocenters. The fourth-order valence-electron chi connectivity index (χ4n) is 1.86. The number of carbonyl (C=O) groups excluding carboxylic acids is 1. The number of aryl methyl sites for hydroxylation is 1. The number of hydrogen-bond donors (Lipinski definition) is 3. The first-order valence-electron chi connectivity index (χ1n) is 7.43. The number of guanidine groups is 1. The zero-order chi connectivity index (χ0) is 15.5. The van der Waals surface area contributed by atoms with Crippen LogP contribution in [-0.4, -0.2) is 32.0 Å². The zero-order valence-corrected chi connectivity index (χ0v) is 13.2. The summed E-state index contributed by atoms with van der Waals surface area (Å²) >= 11 is 0. The van der Waals surface area contributed by atoms with E-state index in [1.807, 2.05) is 19.1 Å². The van der Waals surface area contributed by atoms with Gasteiger partial charge in [0.2, 0.25) is 5.91 Å². The van der Waals surface area contributed by atoms with Crippen LogP contribution in [0.3, 0.4) is 0 Å². The van der Waals surface area contributed by atoms with Gasteiger partial charge in [-0.1, -0.05) is 31.2 Å². The lowest BCUT2D eigenvalue weighted by atomic mass is 10.1. The number of amides is 1. The van der Waals surface area contributed by atoms with E-state index in [9.17, 15) is 4.79 Å². The van der Waals surface area contributed by atoms with E-state index in [1.54, 1.807) is 7.05 Å². The van der Waals surface area contributed by atoms with Crippen molar-refractivity contribution < 1.29 is 4.79 Å². The van der Waals surface area contributed by atoms with E-state index in [0.29, 0.717) is 25.5 Å².